The summed E-state index contributed by atoms with van der Waals surface area (Å²) < 4.78 is 0. The van der Waals surface area contributed by atoms with E-state index in [4.69, 9.17) is 0 Å². The van der Waals surface area contributed by atoms with Crippen molar-refractivity contribution in [2.24, 2.45) is 0 Å². The molecule has 2 aliphatic rings. The van der Waals surface area contributed by atoms with Crippen LogP contribution in [0.1, 0.15) is 23.5 Å². The molecule has 0 bridgehead atoms. The molecule has 1 N–H and O–H groups in total. The van der Waals surface area contributed by atoms with Gasteiger partial charge in [0, 0.05) is 31.7 Å². The van der Waals surface area contributed by atoms with E-state index in [1.165, 1.54) is 32.5 Å². The fourth-order valence-corrected chi connectivity index (χ4v) is 3.83. The molecule has 0 saturated carbocycles. The molecular weight excluding hydrogens is 246 g/mol. The van der Waals surface area contributed by atoms with Crippen LogP contribution in [0.25, 0.3) is 0 Å². The topological polar surface area (TPSA) is 18.5 Å². The van der Waals surface area contributed by atoms with Gasteiger partial charge in [0.25, 0.3) is 0 Å². The third-order valence-corrected chi connectivity index (χ3v) is 5.23. The zero-order chi connectivity index (χ0) is 14.1. The molecule has 1 fully saturated rings. The Balaban J connectivity index is 1.66. The van der Waals surface area contributed by atoms with Crippen LogP contribution in [0.15, 0.2) is 24.3 Å². The fourth-order valence-electron chi connectivity index (χ4n) is 3.83. The van der Waals surface area contributed by atoms with Gasteiger partial charge < -0.3 is 10.2 Å². The number of likely N-dealkylation sites (N-methyl/N-ethyl adjacent to an activating group) is 3. The highest BCUT2D eigenvalue weighted by molar-refractivity contribution is 5.40. The van der Waals surface area contributed by atoms with E-state index >= 15 is 0 Å². The summed E-state index contributed by atoms with van der Waals surface area (Å²) in [7, 11) is 6.64. The van der Waals surface area contributed by atoms with E-state index in [9.17, 15) is 0 Å². The van der Waals surface area contributed by atoms with Crippen LogP contribution in [-0.4, -0.2) is 62.7 Å². The van der Waals surface area contributed by atoms with Crippen LogP contribution in [0.4, 0.5) is 0 Å². The predicted molar refractivity (Wildman–Crippen MR) is 84.3 cm³/mol. The molecule has 1 heterocycles. The summed E-state index contributed by atoms with van der Waals surface area (Å²) >= 11 is 0. The third kappa shape index (κ3) is 2.62. The Morgan fingerprint density at radius 3 is 2.80 bits per heavy atom. The van der Waals surface area contributed by atoms with Gasteiger partial charge in [-0.25, -0.2) is 0 Å². The van der Waals surface area contributed by atoms with Crippen LogP contribution >= 0.6 is 0 Å². The maximum atomic E-state index is 3.58. The zero-order valence-corrected chi connectivity index (χ0v) is 13.0. The summed E-state index contributed by atoms with van der Waals surface area (Å²) in [6, 6.07) is 10.1. The van der Waals surface area contributed by atoms with Gasteiger partial charge in [0.2, 0.25) is 0 Å². The van der Waals surface area contributed by atoms with Crippen molar-refractivity contribution >= 4 is 0 Å². The van der Waals surface area contributed by atoms with Gasteiger partial charge in [0.1, 0.15) is 0 Å². The molecule has 110 valence electrons. The number of hydrogen-bond donors (Lipinski definition) is 1. The van der Waals surface area contributed by atoms with Crippen LogP contribution in [0.2, 0.25) is 0 Å². The molecule has 20 heavy (non-hydrogen) atoms. The van der Waals surface area contributed by atoms with E-state index < -0.39 is 0 Å². The summed E-state index contributed by atoms with van der Waals surface area (Å²) in [6.07, 6.45) is 2.52. The molecule has 0 radical (unpaired) electrons. The Morgan fingerprint density at radius 1 is 1.25 bits per heavy atom. The Labute approximate surface area is 123 Å². The fraction of sp³-hybridized carbons (Fsp3) is 0.647. The van der Waals surface area contributed by atoms with Crippen LogP contribution in [0.3, 0.4) is 0 Å². The molecule has 1 aromatic rings. The van der Waals surface area contributed by atoms with E-state index in [0.717, 1.165) is 5.92 Å². The minimum atomic E-state index is 0.584. The molecule has 3 heteroatoms. The number of benzene rings is 1. The first-order valence-electron chi connectivity index (χ1n) is 7.83. The van der Waals surface area contributed by atoms with Gasteiger partial charge in [-0.15, -0.1) is 0 Å². The van der Waals surface area contributed by atoms with Gasteiger partial charge in [-0.05, 0) is 51.0 Å². The molecule has 1 aromatic carbocycles. The SMILES string of the molecule is CNC(CC1Cc2ccccc21)C1CN(C)CCN1C. The minimum absolute atomic E-state index is 0.584. The molecule has 3 nitrogen and oxygen atoms in total. The molecule has 0 aromatic heterocycles. The second kappa shape index (κ2) is 5.84. The largest absolute Gasteiger partial charge is 0.315 e. The van der Waals surface area contributed by atoms with Gasteiger partial charge >= 0.3 is 0 Å². The highest BCUT2D eigenvalue weighted by atomic mass is 15.3. The van der Waals surface area contributed by atoms with Crippen molar-refractivity contribution in [3.63, 3.8) is 0 Å². The van der Waals surface area contributed by atoms with E-state index in [1.54, 1.807) is 11.1 Å². The maximum absolute atomic E-state index is 3.58. The highest BCUT2D eigenvalue weighted by Crippen LogP contribution is 2.38. The van der Waals surface area contributed by atoms with Crippen LogP contribution < -0.4 is 5.32 Å². The lowest BCUT2D eigenvalue weighted by molar-refractivity contribution is 0.0846. The van der Waals surface area contributed by atoms with E-state index in [1.807, 2.05) is 0 Å². The minimum Gasteiger partial charge on any atom is -0.315 e. The predicted octanol–water partition coefficient (Wildman–Crippen LogP) is 1.55. The maximum Gasteiger partial charge on any atom is 0.0374 e. The number of piperazine rings is 1. The summed E-state index contributed by atoms with van der Waals surface area (Å²) in [5, 5.41) is 3.58. The molecular formula is C17H27N3. The summed E-state index contributed by atoms with van der Waals surface area (Å²) in [5.74, 6) is 0.754. The summed E-state index contributed by atoms with van der Waals surface area (Å²) in [4.78, 5) is 5.00. The molecule has 3 unspecified atom stereocenters. The zero-order valence-electron chi connectivity index (χ0n) is 13.0. The van der Waals surface area contributed by atoms with E-state index in [-0.39, 0.29) is 0 Å². The Hall–Kier alpha value is -0.900. The first-order chi connectivity index (χ1) is 9.69. The number of nitrogens with one attached hydrogen (secondary N) is 1. The van der Waals surface area contributed by atoms with Gasteiger partial charge in [-0.2, -0.15) is 0 Å². The first-order valence-corrected chi connectivity index (χ1v) is 7.83. The molecule has 0 spiro atoms. The Kier molecular flexibility index (Phi) is 4.11. The molecule has 1 aliphatic carbocycles. The molecule has 1 aliphatic heterocycles. The normalized spacial score (nSPS) is 28.8. The van der Waals surface area contributed by atoms with Gasteiger partial charge in [-0.1, -0.05) is 24.3 Å². The van der Waals surface area contributed by atoms with Crippen LogP contribution in [0, 0.1) is 0 Å². The number of rotatable bonds is 4. The Bertz CT molecular complexity index is 459. The van der Waals surface area contributed by atoms with Gasteiger partial charge in [0.15, 0.2) is 0 Å². The van der Waals surface area contributed by atoms with Crippen molar-refractivity contribution in [2.45, 2.75) is 30.8 Å². The number of hydrogen-bond acceptors (Lipinski definition) is 3. The summed E-state index contributed by atoms with van der Waals surface area (Å²) in [5.41, 5.74) is 3.14. The number of fused-ring (bicyclic) bond motifs is 1. The smallest absolute Gasteiger partial charge is 0.0374 e. The van der Waals surface area contributed by atoms with E-state index in [2.05, 4.69) is 60.5 Å². The molecule has 0 amide bonds. The molecule has 3 atom stereocenters. The quantitative estimate of drug-likeness (QED) is 0.898. The van der Waals surface area contributed by atoms with Crippen LogP contribution in [0.5, 0.6) is 0 Å². The lowest BCUT2D eigenvalue weighted by Gasteiger charge is -2.44. The third-order valence-electron chi connectivity index (χ3n) is 5.23. The second-order valence-electron chi connectivity index (χ2n) is 6.54. The summed E-state index contributed by atoms with van der Waals surface area (Å²) in [6.45, 7) is 3.55. The highest BCUT2D eigenvalue weighted by Gasteiger charge is 2.34. The molecule has 1 saturated heterocycles. The average molecular weight is 273 g/mol. The van der Waals surface area contributed by atoms with E-state index in [0.29, 0.717) is 12.1 Å². The average Bonchev–Trinajstić information content (AvgIpc) is 2.43. The van der Waals surface area contributed by atoms with Crippen molar-refractivity contribution in [2.75, 3.05) is 40.8 Å². The van der Waals surface area contributed by atoms with Gasteiger partial charge in [-0.3, -0.25) is 4.90 Å². The van der Waals surface area contributed by atoms with Crippen molar-refractivity contribution < 1.29 is 0 Å². The monoisotopic (exact) mass is 273 g/mol. The lowest BCUT2D eigenvalue weighted by Crippen LogP contribution is -2.58. The second-order valence-corrected chi connectivity index (χ2v) is 6.54. The van der Waals surface area contributed by atoms with Gasteiger partial charge in [0.05, 0.1) is 0 Å². The first kappa shape index (κ1) is 14.1. The van der Waals surface area contributed by atoms with Crippen molar-refractivity contribution in [3.05, 3.63) is 35.4 Å². The lowest BCUT2D eigenvalue weighted by atomic mass is 9.73. The van der Waals surface area contributed by atoms with Crippen molar-refractivity contribution in [3.8, 4) is 0 Å². The van der Waals surface area contributed by atoms with Crippen molar-refractivity contribution in [1.29, 1.82) is 0 Å². The molecule has 3 rings (SSSR count). The van der Waals surface area contributed by atoms with Crippen LogP contribution in [-0.2, 0) is 6.42 Å². The van der Waals surface area contributed by atoms with Crippen molar-refractivity contribution in [1.82, 2.24) is 15.1 Å². The number of nitrogens with zero attached hydrogens (tertiary/aromatic N) is 2. The Morgan fingerprint density at radius 2 is 2.05 bits per heavy atom. The standard InChI is InChI=1S/C17H27N3/c1-18-16(17-12-19(2)8-9-20(17)3)11-14-10-13-6-4-5-7-15(13)14/h4-7,14,16-18H,8-12H2,1-3H3.